The summed E-state index contributed by atoms with van der Waals surface area (Å²) < 4.78 is 0. The van der Waals surface area contributed by atoms with Crippen molar-refractivity contribution < 1.29 is 15.0 Å². The molecule has 0 rings (SSSR count). The van der Waals surface area contributed by atoms with Gasteiger partial charge in [0.2, 0.25) is 0 Å². The summed E-state index contributed by atoms with van der Waals surface area (Å²) in [6.45, 7) is 2.25. The van der Waals surface area contributed by atoms with Crippen LogP contribution in [-0.4, -0.2) is 22.3 Å². The highest BCUT2D eigenvalue weighted by Gasteiger charge is 2.03. The Kier molecular flexibility index (Phi) is 16.6. The van der Waals surface area contributed by atoms with Crippen molar-refractivity contribution in [1.82, 2.24) is 0 Å². The van der Waals surface area contributed by atoms with Gasteiger partial charge in [0.05, 0.1) is 6.10 Å². The van der Waals surface area contributed by atoms with Crippen molar-refractivity contribution in [2.45, 2.75) is 109 Å². The number of rotatable bonds is 15. The molecule has 0 aromatic heterocycles. The first kappa shape index (κ1) is 22.0. The minimum atomic E-state index is -0.802. The number of carboxylic acids is 1. The maximum Gasteiger partial charge on any atom is 0.303 e. The van der Waals surface area contributed by atoms with Crippen LogP contribution in [0.4, 0.5) is 0 Å². The Labute approximate surface area is 142 Å². The molecule has 0 aromatic carbocycles. The van der Waals surface area contributed by atoms with Crippen LogP contribution in [-0.2, 0) is 4.79 Å². The van der Waals surface area contributed by atoms with Gasteiger partial charge >= 0.3 is 5.97 Å². The molecule has 0 aliphatic carbocycles. The smallest absolute Gasteiger partial charge is 0.303 e. The Morgan fingerprint density at radius 3 is 2.00 bits per heavy atom. The predicted molar refractivity (Wildman–Crippen MR) is 96.3 cm³/mol. The van der Waals surface area contributed by atoms with Gasteiger partial charge in [0.1, 0.15) is 0 Å². The average molecular weight is 325 g/mol. The predicted octanol–water partition coefficient (Wildman–Crippen LogP) is 5.31. The average Bonchev–Trinajstić information content (AvgIpc) is 2.51. The van der Waals surface area contributed by atoms with Gasteiger partial charge in [0, 0.05) is 19.3 Å². The van der Waals surface area contributed by atoms with E-state index in [0.717, 1.165) is 12.8 Å². The van der Waals surface area contributed by atoms with E-state index in [0.29, 0.717) is 19.3 Å². The van der Waals surface area contributed by atoms with Gasteiger partial charge in [-0.1, -0.05) is 64.7 Å². The molecule has 134 valence electrons. The van der Waals surface area contributed by atoms with Crippen molar-refractivity contribution in [1.29, 1.82) is 0 Å². The van der Waals surface area contributed by atoms with Crippen LogP contribution < -0.4 is 0 Å². The van der Waals surface area contributed by atoms with Crippen LogP contribution >= 0.6 is 0 Å². The van der Waals surface area contributed by atoms with Gasteiger partial charge in [0.25, 0.3) is 0 Å². The first-order chi connectivity index (χ1) is 11.2. The number of aliphatic hydroxyl groups excluding tert-OH is 1. The van der Waals surface area contributed by atoms with Crippen molar-refractivity contribution in [3.05, 3.63) is 0 Å². The fourth-order valence-electron chi connectivity index (χ4n) is 2.57. The number of unbranched alkanes of at least 4 members (excludes halogenated alkanes) is 10. The van der Waals surface area contributed by atoms with E-state index in [1.54, 1.807) is 0 Å². The molecular weight excluding hydrogens is 288 g/mol. The van der Waals surface area contributed by atoms with E-state index in [1.807, 2.05) is 0 Å². The maximum atomic E-state index is 10.4. The van der Waals surface area contributed by atoms with Crippen molar-refractivity contribution in [2.75, 3.05) is 0 Å². The molecule has 0 amide bonds. The first-order valence-electron chi connectivity index (χ1n) is 9.52. The zero-order valence-corrected chi connectivity index (χ0v) is 15.0. The quantitative estimate of drug-likeness (QED) is 0.317. The van der Waals surface area contributed by atoms with Gasteiger partial charge in [-0.15, -0.1) is 11.8 Å². The van der Waals surface area contributed by atoms with Crippen LogP contribution in [0, 0.1) is 11.8 Å². The minimum Gasteiger partial charge on any atom is -0.481 e. The third-order valence-corrected chi connectivity index (χ3v) is 4.05. The minimum absolute atomic E-state index is 0.128. The third kappa shape index (κ3) is 18.9. The Balaban J connectivity index is 3.27. The largest absolute Gasteiger partial charge is 0.481 e. The Morgan fingerprint density at radius 2 is 1.43 bits per heavy atom. The number of carbonyl (C=O) groups is 1. The van der Waals surface area contributed by atoms with Gasteiger partial charge in [-0.05, 0) is 19.3 Å². The number of hydrogen-bond acceptors (Lipinski definition) is 2. The lowest BCUT2D eigenvalue weighted by molar-refractivity contribution is -0.137. The molecule has 0 heterocycles. The fraction of sp³-hybridized carbons (Fsp3) is 0.850. The summed E-state index contributed by atoms with van der Waals surface area (Å²) in [7, 11) is 0. The van der Waals surface area contributed by atoms with Crippen LogP contribution in [0.25, 0.3) is 0 Å². The van der Waals surface area contributed by atoms with E-state index in [4.69, 9.17) is 5.11 Å². The number of hydrogen-bond donors (Lipinski definition) is 2. The molecule has 2 N–H and O–H groups in total. The van der Waals surface area contributed by atoms with Gasteiger partial charge in [-0.25, -0.2) is 0 Å². The van der Waals surface area contributed by atoms with Crippen LogP contribution in [0.3, 0.4) is 0 Å². The zero-order valence-electron chi connectivity index (χ0n) is 15.0. The molecule has 23 heavy (non-hydrogen) atoms. The molecule has 3 heteroatoms. The topological polar surface area (TPSA) is 57.5 Å². The van der Waals surface area contributed by atoms with Crippen molar-refractivity contribution in [3.8, 4) is 11.8 Å². The molecule has 0 saturated carbocycles. The highest BCUT2D eigenvalue weighted by Crippen LogP contribution is 2.11. The van der Waals surface area contributed by atoms with E-state index in [-0.39, 0.29) is 6.42 Å². The van der Waals surface area contributed by atoms with Crippen LogP contribution in [0.2, 0.25) is 0 Å². The molecule has 0 aliphatic heterocycles. The maximum absolute atomic E-state index is 10.4. The van der Waals surface area contributed by atoms with Gasteiger partial charge in [-0.2, -0.15) is 0 Å². The molecule has 1 unspecified atom stereocenters. The highest BCUT2D eigenvalue weighted by molar-refractivity contribution is 5.66. The Morgan fingerprint density at radius 1 is 0.870 bits per heavy atom. The lowest BCUT2D eigenvalue weighted by atomic mass is 10.1. The first-order valence-corrected chi connectivity index (χ1v) is 9.52. The van der Waals surface area contributed by atoms with Crippen molar-refractivity contribution in [2.24, 2.45) is 0 Å². The summed E-state index contributed by atoms with van der Waals surface area (Å²) in [6.07, 6.45) is 15.4. The number of aliphatic carboxylic acids is 1. The molecule has 0 saturated heterocycles. The lowest BCUT2D eigenvalue weighted by Gasteiger charge is -2.04. The van der Waals surface area contributed by atoms with E-state index in [2.05, 4.69) is 18.8 Å². The lowest BCUT2D eigenvalue weighted by Crippen LogP contribution is -2.06. The second-order valence-corrected chi connectivity index (χ2v) is 6.43. The van der Waals surface area contributed by atoms with Crippen molar-refractivity contribution in [3.63, 3.8) is 0 Å². The third-order valence-electron chi connectivity index (χ3n) is 4.05. The van der Waals surface area contributed by atoms with Gasteiger partial charge < -0.3 is 10.2 Å². The molecule has 0 aliphatic rings. The molecule has 0 fully saturated rings. The van der Waals surface area contributed by atoms with E-state index >= 15 is 0 Å². The Bertz CT molecular complexity index is 328. The summed E-state index contributed by atoms with van der Waals surface area (Å²) in [6, 6.07) is 0. The molecule has 1 atom stereocenters. The van der Waals surface area contributed by atoms with Crippen LogP contribution in [0.5, 0.6) is 0 Å². The molecule has 0 bridgehead atoms. The SMILES string of the molecule is CCCCCCCCCCCCC#CCC(O)CCCC(=O)O. The monoisotopic (exact) mass is 324 g/mol. The van der Waals surface area contributed by atoms with Gasteiger partial charge in [0.15, 0.2) is 0 Å². The Hall–Kier alpha value is -1.01. The molecule has 3 nitrogen and oxygen atoms in total. The van der Waals surface area contributed by atoms with Gasteiger partial charge in [-0.3, -0.25) is 4.79 Å². The van der Waals surface area contributed by atoms with E-state index < -0.39 is 12.1 Å². The van der Waals surface area contributed by atoms with E-state index in [9.17, 15) is 9.90 Å². The number of carboxylic acid groups (broad SMARTS) is 1. The fourth-order valence-corrected chi connectivity index (χ4v) is 2.57. The van der Waals surface area contributed by atoms with Crippen LogP contribution in [0.15, 0.2) is 0 Å². The van der Waals surface area contributed by atoms with Crippen molar-refractivity contribution >= 4 is 5.97 Å². The standard InChI is InChI=1S/C20H36O3/c1-2-3-4-5-6-7-8-9-10-11-12-13-14-16-19(21)17-15-18-20(22)23/h19,21H,2-12,15-18H2,1H3,(H,22,23). The second kappa shape index (κ2) is 17.3. The molecule has 0 spiro atoms. The summed E-state index contributed by atoms with van der Waals surface area (Å²) in [5.41, 5.74) is 0. The zero-order chi connectivity index (χ0) is 17.2. The molecular formula is C20H36O3. The second-order valence-electron chi connectivity index (χ2n) is 6.43. The summed E-state index contributed by atoms with van der Waals surface area (Å²) in [5, 5.41) is 18.2. The van der Waals surface area contributed by atoms with E-state index in [1.165, 1.54) is 57.8 Å². The highest BCUT2D eigenvalue weighted by atomic mass is 16.4. The van der Waals surface area contributed by atoms with Crippen LogP contribution in [0.1, 0.15) is 103 Å². The molecule has 0 radical (unpaired) electrons. The number of aliphatic hydroxyl groups is 1. The normalized spacial score (nSPS) is 11.7. The summed E-state index contributed by atoms with van der Waals surface area (Å²) in [4.78, 5) is 10.4. The molecule has 0 aromatic rings. The summed E-state index contributed by atoms with van der Waals surface area (Å²) >= 11 is 0. The summed E-state index contributed by atoms with van der Waals surface area (Å²) in [5.74, 6) is 5.32.